The first-order chi connectivity index (χ1) is 16.0. The lowest BCUT2D eigenvalue weighted by Gasteiger charge is -2.23. The molecule has 0 heterocycles. The van der Waals surface area contributed by atoms with Crippen LogP contribution in [0.15, 0.2) is 89.3 Å². The molecule has 0 radical (unpaired) electrons. The van der Waals surface area contributed by atoms with E-state index in [-0.39, 0.29) is 5.57 Å². The molecule has 0 atom stereocenters. The van der Waals surface area contributed by atoms with Gasteiger partial charge in [-0.25, -0.2) is 0 Å². The van der Waals surface area contributed by atoms with E-state index in [2.05, 4.69) is 29.3 Å². The summed E-state index contributed by atoms with van der Waals surface area (Å²) in [7, 11) is 0. The van der Waals surface area contributed by atoms with E-state index in [4.69, 9.17) is 0 Å². The smallest absolute Gasteiger partial charge is 0.288 e. The van der Waals surface area contributed by atoms with Gasteiger partial charge in [0.1, 0.15) is 11.6 Å². The van der Waals surface area contributed by atoms with Gasteiger partial charge in [0.25, 0.3) is 11.7 Å². The SMILES string of the molecule is CCN(Cc1ccccc1)c1ccc(C=C(C#N)C(=O)Nc2ccc(SC(F)F)cc2)cc1. The van der Waals surface area contributed by atoms with Gasteiger partial charge in [0.15, 0.2) is 0 Å². The minimum atomic E-state index is -2.51. The van der Waals surface area contributed by atoms with Crippen LogP contribution in [0.25, 0.3) is 6.08 Å². The third-order valence-corrected chi connectivity index (χ3v) is 5.59. The van der Waals surface area contributed by atoms with Gasteiger partial charge < -0.3 is 10.2 Å². The van der Waals surface area contributed by atoms with Gasteiger partial charge in [-0.05, 0) is 60.5 Å². The highest BCUT2D eigenvalue weighted by atomic mass is 32.2. The van der Waals surface area contributed by atoms with Gasteiger partial charge in [0.2, 0.25) is 0 Å². The van der Waals surface area contributed by atoms with E-state index in [1.165, 1.54) is 35.9 Å². The van der Waals surface area contributed by atoms with Crippen molar-refractivity contribution in [1.29, 1.82) is 5.26 Å². The van der Waals surface area contributed by atoms with Crippen LogP contribution in [0.4, 0.5) is 20.2 Å². The molecule has 168 valence electrons. The zero-order chi connectivity index (χ0) is 23.6. The van der Waals surface area contributed by atoms with Gasteiger partial charge in [0, 0.05) is 29.4 Å². The van der Waals surface area contributed by atoms with Crippen LogP contribution in [-0.4, -0.2) is 18.2 Å². The summed E-state index contributed by atoms with van der Waals surface area (Å²) in [6.07, 6.45) is 1.52. The second-order valence-corrected chi connectivity index (χ2v) is 8.18. The molecule has 0 unspecified atom stereocenters. The molecule has 3 aromatic carbocycles. The zero-order valence-corrected chi connectivity index (χ0v) is 18.9. The van der Waals surface area contributed by atoms with Crippen molar-refractivity contribution in [1.82, 2.24) is 0 Å². The second kappa shape index (κ2) is 11.8. The van der Waals surface area contributed by atoms with Crippen LogP contribution >= 0.6 is 11.8 Å². The molecule has 33 heavy (non-hydrogen) atoms. The monoisotopic (exact) mass is 463 g/mol. The number of halogens is 2. The van der Waals surface area contributed by atoms with Crippen molar-refractivity contribution in [3.8, 4) is 6.07 Å². The number of nitrogens with one attached hydrogen (secondary N) is 1. The topological polar surface area (TPSA) is 56.1 Å². The molecule has 0 aliphatic carbocycles. The number of benzene rings is 3. The first kappa shape index (κ1) is 24.0. The summed E-state index contributed by atoms with van der Waals surface area (Å²) < 4.78 is 24.8. The summed E-state index contributed by atoms with van der Waals surface area (Å²) in [4.78, 5) is 15.1. The van der Waals surface area contributed by atoms with E-state index in [0.717, 1.165) is 24.3 Å². The molecule has 1 amide bonds. The molecule has 0 aliphatic rings. The summed E-state index contributed by atoms with van der Waals surface area (Å²) in [5.74, 6) is -3.07. The van der Waals surface area contributed by atoms with E-state index in [1.807, 2.05) is 48.5 Å². The van der Waals surface area contributed by atoms with Gasteiger partial charge in [0.05, 0.1) is 0 Å². The number of rotatable bonds is 9. The van der Waals surface area contributed by atoms with Crippen molar-refractivity contribution in [2.24, 2.45) is 0 Å². The van der Waals surface area contributed by atoms with Crippen molar-refractivity contribution in [3.05, 3.63) is 95.6 Å². The van der Waals surface area contributed by atoms with Gasteiger partial charge >= 0.3 is 0 Å². The average molecular weight is 464 g/mol. The van der Waals surface area contributed by atoms with Crippen molar-refractivity contribution >= 4 is 35.1 Å². The van der Waals surface area contributed by atoms with Crippen LogP contribution in [0.1, 0.15) is 18.1 Å². The van der Waals surface area contributed by atoms with Gasteiger partial charge in [-0.15, -0.1) is 0 Å². The fourth-order valence-corrected chi connectivity index (χ4v) is 3.70. The Hall–Kier alpha value is -3.63. The van der Waals surface area contributed by atoms with Crippen LogP contribution in [0.2, 0.25) is 0 Å². The Labute approximate surface area is 196 Å². The van der Waals surface area contributed by atoms with Crippen LogP contribution in [0.5, 0.6) is 0 Å². The number of nitrogens with zero attached hydrogens (tertiary/aromatic N) is 2. The van der Waals surface area contributed by atoms with Gasteiger partial charge in [-0.3, -0.25) is 4.79 Å². The van der Waals surface area contributed by atoms with Crippen LogP contribution < -0.4 is 10.2 Å². The highest BCUT2D eigenvalue weighted by Crippen LogP contribution is 2.26. The summed E-state index contributed by atoms with van der Waals surface area (Å²) in [6.45, 7) is 3.71. The molecule has 0 saturated heterocycles. The molecular weight excluding hydrogens is 440 g/mol. The van der Waals surface area contributed by atoms with E-state index in [0.29, 0.717) is 22.3 Å². The molecule has 0 bridgehead atoms. The number of nitriles is 1. The molecule has 1 N–H and O–H groups in total. The Bertz CT molecular complexity index is 1120. The van der Waals surface area contributed by atoms with Crippen molar-refractivity contribution in [2.75, 3.05) is 16.8 Å². The van der Waals surface area contributed by atoms with Crippen LogP contribution in [0, 0.1) is 11.3 Å². The predicted molar refractivity (Wildman–Crippen MR) is 130 cm³/mol. The van der Waals surface area contributed by atoms with Gasteiger partial charge in [-0.1, -0.05) is 54.2 Å². The Morgan fingerprint density at radius 2 is 1.73 bits per heavy atom. The maximum Gasteiger partial charge on any atom is 0.288 e. The largest absolute Gasteiger partial charge is 0.367 e. The lowest BCUT2D eigenvalue weighted by Crippen LogP contribution is -2.21. The summed E-state index contributed by atoms with van der Waals surface area (Å²) >= 11 is 0.430. The third-order valence-electron chi connectivity index (χ3n) is 4.87. The fourth-order valence-electron chi connectivity index (χ4n) is 3.20. The minimum Gasteiger partial charge on any atom is -0.367 e. The average Bonchev–Trinajstić information content (AvgIpc) is 2.83. The number of carbonyl (C=O) groups is 1. The van der Waals surface area contributed by atoms with Crippen molar-refractivity contribution < 1.29 is 13.6 Å². The molecule has 7 heteroatoms. The number of thioether (sulfide) groups is 1. The van der Waals surface area contributed by atoms with E-state index < -0.39 is 11.7 Å². The summed E-state index contributed by atoms with van der Waals surface area (Å²) in [6, 6.07) is 25.8. The Morgan fingerprint density at radius 1 is 1.06 bits per heavy atom. The van der Waals surface area contributed by atoms with Crippen molar-refractivity contribution in [2.45, 2.75) is 24.1 Å². The fraction of sp³-hybridized carbons (Fsp3) is 0.154. The maximum absolute atomic E-state index is 12.5. The minimum absolute atomic E-state index is 0.0505. The summed E-state index contributed by atoms with van der Waals surface area (Å²) in [5.41, 5.74) is 3.36. The first-order valence-electron chi connectivity index (χ1n) is 10.4. The van der Waals surface area contributed by atoms with Gasteiger partial charge in [-0.2, -0.15) is 14.0 Å². The Balaban J connectivity index is 1.67. The number of alkyl halides is 2. The lowest BCUT2D eigenvalue weighted by molar-refractivity contribution is -0.112. The molecule has 0 aliphatic heterocycles. The Morgan fingerprint density at radius 3 is 2.30 bits per heavy atom. The van der Waals surface area contributed by atoms with E-state index in [9.17, 15) is 18.8 Å². The molecule has 0 saturated carbocycles. The van der Waals surface area contributed by atoms with Crippen LogP contribution in [-0.2, 0) is 11.3 Å². The molecule has 3 rings (SSSR count). The lowest BCUT2D eigenvalue weighted by atomic mass is 10.1. The normalized spacial score (nSPS) is 11.2. The molecule has 4 nitrogen and oxygen atoms in total. The van der Waals surface area contributed by atoms with Crippen molar-refractivity contribution in [3.63, 3.8) is 0 Å². The highest BCUT2D eigenvalue weighted by Gasteiger charge is 2.11. The molecule has 0 aromatic heterocycles. The maximum atomic E-state index is 12.5. The summed E-state index contributed by atoms with van der Waals surface area (Å²) in [5, 5.41) is 12.1. The standard InChI is InChI=1S/C26H23F2N3OS/c1-2-31(18-20-6-4-3-5-7-20)23-12-8-19(9-13-23)16-21(17-29)25(32)30-22-10-14-24(15-11-22)33-26(27)28/h3-16,26H,2,18H2,1H3,(H,30,32). The first-order valence-corrected chi connectivity index (χ1v) is 11.2. The van der Waals surface area contributed by atoms with E-state index in [1.54, 1.807) is 0 Å². The number of carbonyl (C=O) groups excluding carboxylic acids is 1. The van der Waals surface area contributed by atoms with Crippen LogP contribution in [0.3, 0.4) is 0 Å². The molecular formula is C26H23F2N3OS. The number of hydrogen-bond acceptors (Lipinski definition) is 4. The highest BCUT2D eigenvalue weighted by molar-refractivity contribution is 7.99. The molecule has 0 fully saturated rings. The predicted octanol–water partition coefficient (Wildman–Crippen LogP) is 6.57. The number of amides is 1. The van der Waals surface area contributed by atoms with E-state index >= 15 is 0 Å². The molecule has 3 aromatic rings. The third kappa shape index (κ3) is 7.19. The number of hydrogen-bond donors (Lipinski definition) is 1. The Kier molecular flexibility index (Phi) is 8.62. The quantitative estimate of drug-likeness (QED) is 0.221. The molecule has 0 spiro atoms. The number of anilines is 2. The zero-order valence-electron chi connectivity index (χ0n) is 18.0. The second-order valence-electron chi connectivity index (χ2n) is 7.12.